The fraction of sp³-hybridized carbons (Fsp3) is 0.644. The lowest BCUT2D eigenvalue weighted by molar-refractivity contribution is -0.128. The zero-order valence-electron chi connectivity index (χ0n) is 59.6. The number of benzene rings is 3. The number of rotatable bonds is 53. The molecule has 8 N–H and O–H groups in total. The second-order valence-electron chi connectivity index (χ2n) is 26.4. The quantitative estimate of drug-likeness (QED) is 0.0148. The monoisotopic (exact) mass is 1530 g/mol. The highest BCUT2D eigenvalue weighted by molar-refractivity contribution is 9.10. The SMILES string of the molecule is COc1cc(C=CC(=O)NC(Cc2ccc(OCc3c(Cl)cccc3Cl)cc2)C(=O)NC2CC(C)(C)NC(C)(C)C2)cc(Br)c1OCCOCCOCCOCCOCCOCCOCCOCCNC(=O)CCCCCNC(=O)CCCCCNC(=O)CCCC[C@@H]1SC[C@@H]2NC(=O)N[C@@H]21. The van der Waals surface area contributed by atoms with Gasteiger partial charge in [-0.1, -0.05) is 60.7 Å². The highest BCUT2D eigenvalue weighted by Crippen LogP contribution is 2.38. The van der Waals surface area contributed by atoms with Crippen molar-refractivity contribution in [1.29, 1.82) is 0 Å². The second-order valence-corrected chi connectivity index (χ2v) is 29.4. The Bertz CT molecular complexity index is 2980. The van der Waals surface area contributed by atoms with Crippen molar-refractivity contribution in [2.45, 2.75) is 171 Å². The average molecular weight is 1540 g/mol. The molecule has 564 valence electrons. The molecule has 0 aromatic heterocycles. The fourth-order valence-electron chi connectivity index (χ4n) is 12.1. The van der Waals surface area contributed by atoms with Crippen LogP contribution in [0, 0.1) is 0 Å². The van der Waals surface area contributed by atoms with Crippen LogP contribution in [0.4, 0.5) is 4.79 Å². The average Bonchev–Trinajstić information content (AvgIpc) is 1.77. The zero-order chi connectivity index (χ0) is 72.5. The number of ether oxygens (including phenoxy) is 10. The summed E-state index contributed by atoms with van der Waals surface area (Å²) in [6, 6.07) is 15.6. The molecule has 28 heteroatoms. The summed E-state index contributed by atoms with van der Waals surface area (Å²) in [6.07, 6.45) is 13.8. The summed E-state index contributed by atoms with van der Waals surface area (Å²) in [4.78, 5) is 75.8. The third-order valence-electron chi connectivity index (χ3n) is 16.8. The summed E-state index contributed by atoms with van der Waals surface area (Å²) < 4.78 is 57.5. The molecule has 0 spiro atoms. The number of amides is 7. The number of hydrogen-bond acceptors (Lipinski definition) is 18. The number of fused-ring (bicyclic) bond motifs is 1. The third-order valence-corrected chi connectivity index (χ3v) is 19.6. The van der Waals surface area contributed by atoms with Crippen LogP contribution in [0.3, 0.4) is 0 Å². The van der Waals surface area contributed by atoms with Gasteiger partial charge in [-0.25, -0.2) is 4.79 Å². The van der Waals surface area contributed by atoms with Crippen LogP contribution in [0.5, 0.6) is 17.2 Å². The molecule has 101 heavy (non-hydrogen) atoms. The van der Waals surface area contributed by atoms with E-state index in [0.717, 1.165) is 81.9 Å². The molecule has 0 radical (unpaired) electrons. The predicted octanol–water partition coefficient (Wildman–Crippen LogP) is 9.20. The molecule has 24 nitrogen and oxygen atoms in total. The van der Waals surface area contributed by atoms with Crippen LogP contribution in [-0.2, 0) is 70.2 Å². The summed E-state index contributed by atoms with van der Waals surface area (Å²) in [7, 11) is 1.54. The molecule has 6 rings (SSSR count). The third kappa shape index (κ3) is 34.8. The van der Waals surface area contributed by atoms with E-state index in [1.165, 1.54) is 13.2 Å². The van der Waals surface area contributed by atoms with Gasteiger partial charge in [0, 0.05) is 95.1 Å². The number of thioether (sulfide) groups is 1. The second kappa shape index (κ2) is 47.8. The van der Waals surface area contributed by atoms with Gasteiger partial charge in [0.25, 0.3) is 0 Å². The molecule has 0 bridgehead atoms. The molecule has 4 atom stereocenters. The normalized spacial score (nSPS) is 17.2. The number of nitrogens with one attached hydrogen (secondary N) is 8. The molecule has 1 unspecified atom stereocenters. The standard InChI is InChI=1S/C73H109BrCl2N8O16S/c1-72(2)48-54(49-73(3,4)84-72)80-70(89)60(46-52-21-24-55(25-22-52)100-50-56-58(75)15-14-16-59(56)76)81-67(88)26-23-53-45-57(74)69(62(47-53)91-5)99-44-43-98-42-41-97-40-39-96-38-37-95-36-35-94-34-33-93-32-31-92-30-29-79-66(87)19-9-7-13-27-77-64(85)18-8-6-12-28-78-65(86)20-11-10-17-63-68-61(51-101-63)82-71(90)83-68/h14-16,21-26,45,47,54,60-61,63,68,84H,6-13,17-20,27-44,46,48-51H2,1-5H3,(H,77,85)(H,78,86)(H,79,87)(H,80,89)(H,81,88)(H2,82,83,90)/t60?,61-,63-,68-/m0/s1. The van der Waals surface area contributed by atoms with Gasteiger partial charge in [-0.05, 0) is 149 Å². The summed E-state index contributed by atoms with van der Waals surface area (Å²) in [5.74, 6) is 1.84. The van der Waals surface area contributed by atoms with Gasteiger partial charge >= 0.3 is 6.03 Å². The molecule has 3 aromatic carbocycles. The van der Waals surface area contributed by atoms with Crippen LogP contribution in [0.25, 0.3) is 6.08 Å². The van der Waals surface area contributed by atoms with E-state index in [1.54, 1.807) is 30.3 Å². The van der Waals surface area contributed by atoms with Gasteiger partial charge in [0.2, 0.25) is 29.5 Å². The van der Waals surface area contributed by atoms with E-state index in [0.29, 0.717) is 180 Å². The van der Waals surface area contributed by atoms with E-state index < -0.39 is 11.9 Å². The number of piperidine rings is 1. The van der Waals surface area contributed by atoms with Crippen LogP contribution in [-0.4, -0.2) is 208 Å². The number of hydrogen-bond donors (Lipinski definition) is 8. The van der Waals surface area contributed by atoms with Crippen molar-refractivity contribution >= 4 is 92.5 Å². The lowest BCUT2D eigenvalue weighted by Crippen LogP contribution is -2.63. The smallest absolute Gasteiger partial charge is 0.315 e. The number of carbonyl (C=O) groups excluding carboxylic acids is 6. The summed E-state index contributed by atoms with van der Waals surface area (Å²) in [5, 5.41) is 26.1. The molecule has 3 saturated heterocycles. The highest BCUT2D eigenvalue weighted by Gasteiger charge is 2.43. The Kier molecular flexibility index (Phi) is 40.0. The van der Waals surface area contributed by atoms with Crippen molar-refractivity contribution in [2.24, 2.45) is 0 Å². The summed E-state index contributed by atoms with van der Waals surface area (Å²) in [5.41, 5.74) is 1.78. The maximum absolute atomic E-state index is 14.1. The van der Waals surface area contributed by atoms with Crippen LogP contribution >= 0.6 is 50.9 Å². The van der Waals surface area contributed by atoms with Gasteiger partial charge in [-0.2, -0.15) is 11.8 Å². The minimum atomic E-state index is -0.879. The first-order chi connectivity index (χ1) is 48.8. The van der Waals surface area contributed by atoms with E-state index >= 15 is 0 Å². The van der Waals surface area contributed by atoms with Crippen molar-refractivity contribution < 1.29 is 76.1 Å². The van der Waals surface area contributed by atoms with Gasteiger partial charge < -0.3 is 89.9 Å². The van der Waals surface area contributed by atoms with Crippen molar-refractivity contribution in [3.8, 4) is 17.2 Å². The molecule has 3 heterocycles. The topological polar surface area (TPSA) is 291 Å². The number of urea groups is 1. The Hall–Kier alpha value is -5.49. The molecular formula is C73H109BrCl2N8O16S. The van der Waals surface area contributed by atoms with Crippen LogP contribution in [0.15, 0.2) is 65.1 Å². The lowest BCUT2D eigenvalue weighted by Gasteiger charge is -2.46. The zero-order valence-corrected chi connectivity index (χ0v) is 63.5. The Labute approximate surface area is 619 Å². The van der Waals surface area contributed by atoms with E-state index in [4.69, 9.17) is 70.6 Å². The Morgan fingerprint density at radius 2 is 1.15 bits per heavy atom. The number of halogens is 3. The van der Waals surface area contributed by atoms with Crippen LogP contribution < -0.4 is 56.7 Å². The molecule has 0 saturated carbocycles. The maximum atomic E-state index is 14.1. The fourth-order valence-corrected chi connectivity index (χ4v) is 14.8. The molecule has 3 fully saturated rings. The maximum Gasteiger partial charge on any atom is 0.315 e. The minimum Gasteiger partial charge on any atom is -0.493 e. The first kappa shape index (κ1) is 84.4. The van der Waals surface area contributed by atoms with Crippen molar-refractivity contribution in [3.05, 3.63) is 91.9 Å². The molecule has 3 aliphatic rings. The molecule has 0 aliphatic carbocycles. The van der Waals surface area contributed by atoms with Crippen LogP contribution in [0.2, 0.25) is 10.0 Å². The first-order valence-corrected chi connectivity index (χ1v) is 38.1. The Balaban J connectivity index is 0.684. The molecule has 7 amide bonds. The van der Waals surface area contributed by atoms with E-state index in [2.05, 4.69) is 86.2 Å². The Morgan fingerprint density at radius 1 is 0.634 bits per heavy atom. The molecule has 3 aromatic rings. The first-order valence-electron chi connectivity index (χ1n) is 35.5. The van der Waals surface area contributed by atoms with Crippen molar-refractivity contribution in [2.75, 3.05) is 132 Å². The number of unbranched alkanes of at least 4 members (excludes halogenated alkanes) is 5. The van der Waals surface area contributed by atoms with Gasteiger partial charge in [0.15, 0.2) is 11.5 Å². The largest absolute Gasteiger partial charge is 0.493 e. The number of carbonyl (C=O) groups is 6. The minimum absolute atomic E-state index is 0.0189. The van der Waals surface area contributed by atoms with E-state index in [9.17, 15) is 28.8 Å². The highest BCUT2D eigenvalue weighted by atomic mass is 79.9. The number of methoxy groups -OCH3 is 1. The predicted molar refractivity (Wildman–Crippen MR) is 396 cm³/mol. The molecule has 3 aliphatic heterocycles. The summed E-state index contributed by atoms with van der Waals surface area (Å²) in [6.45, 7) is 16.3. The van der Waals surface area contributed by atoms with Crippen molar-refractivity contribution in [3.63, 3.8) is 0 Å². The van der Waals surface area contributed by atoms with Gasteiger partial charge in [0.1, 0.15) is 25.0 Å². The van der Waals surface area contributed by atoms with E-state index in [-0.39, 0.29) is 78.5 Å². The van der Waals surface area contributed by atoms with Crippen LogP contribution in [0.1, 0.15) is 134 Å². The summed E-state index contributed by atoms with van der Waals surface area (Å²) >= 11 is 18.2. The Morgan fingerprint density at radius 3 is 1.69 bits per heavy atom. The van der Waals surface area contributed by atoms with Gasteiger partial charge in [-0.15, -0.1) is 0 Å². The van der Waals surface area contributed by atoms with Gasteiger partial charge in [-0.3, -0.25) is 24.0 Å². The lowest BCUT2D eigenvalue weighted by atomic mass is 9.79. The van der Waals surface area contributed by atoms with E-state index in [1.807, 2.05) is 42.1 Å². The van der Waals surface area contributed by atoms with Crippen molar-refractivity contribution in [1.82, 2.24) is 42.5 Å². The van der Waals surface area contributed by atoms with Gasteiger partial charge in [0.05, 0.1) is 116 Å². The molecular weight excluding hydrogens is 1430 g/mol.